The summed E-state index contributed by atoms with van der Waals surface area (Å²) in [4.78, 5) is 11.2. The zero-order valence-corrected chi connectivity index (χ0v) is 7.21. The fourth-order valence-electron chi connectivity index (χ4n) is 2.19. The zero-order valence-electron chi connectivity index (χ0n) is 7.21. The zero-order chi connectivity index (χ0) is 8.39. The van der Waals surface area contributed by atoms with Gasteiger partial charge in [0.25, 0.3) is 0 Å². The van der Waals surface area contributed by atoms with Gasteiger partial charge in [-0.3, -0.25) is 4.79 Å². The van der Waals surface area contributed by atoms with Crippen molar-refractivity contribution < 1.29 is 9.53 Å². The number of cyclic esters (lactones) is 1. The van der Waals surface area contributed by atoms with E-state index in [2.05, 4.69) is 5.32 Å². The van der Waals surface area contributed by atoms with Crippen LogP contribution in [0.1, 0.15) is 19.3 Å². The van der Waals surface area contributed by atoms with Gasteiger partial charge in [0.2, 0.25) is 0 Å². The van der Waals surface area contributed by atoms with Gasteiger partial charge in [0, 0.05) is 0 Å². The maximum Gasteiger partial charge on any atom is 0.309 e. The lowest BCUT2D eigenvalue weighted by Crippen LogP contribution is -2.33. The SMILES string of the molecule is O=C1OCCC1C1CCNCC1. The molecule has 2 rings (SSSR count). The fraction of sp³-hybridized carbons (Fsp3) is 0.889. The Balaban J connectivity index is 1.93. The summed E-state index contributed by atoms with van der Waals surface area (Å²) < 4.78 is 4.96. The number of rotatable bonds is 1. The van der Waals surface area contributed by atoms with E-state index in [1.54, 1.807) is 0 Å². The number of piperidine rings is 1. The Morgan fingerprint density at radius 2 is 2.00 bits per heavy atom. The highest BCUT2D eigenvalue weighted by molar-refractivity contribution is 5.74. The van der Waals surface area contributed by atoms with Crippen LogP contribution in [0, 0.1) is 11.8 Å². The minimum atomic E-state index is 0.0434. The van der Waals surface area contributed by atoms with Crippen molar-refractivity contribution in [3.05, 3.63) is 0 Å². The normalized spacial score (nSPS) is 32.0. The Bertz CT molecular complexity index is 175. The molecule has 0 aliphatic carbocycles. The number of esters is 1. The van der Waals surface area contributed by atoms with Crippen LogP contribution >= 0.6 is 0 Å². The van der Waals surface area contributed by atoms with Crippen LogP contribution in [-0.4, -0.2) is 25.7 Å². The first kappa shape index (κ1) is 8.05. The van der Waals surface area contributed by atoms with Crippen molar-refractivity contribution in [3.63, 3.8) is 0 Å². The summed E-state index contributed by atoms with van der Waals surface area (Å²) in [6.07, 6.45) is 3.23. The largest absolute Gasteiger partial charge is 0.465 e. The van der Waals surface area contributed by atoms with Gasteiger partial charge in [0.05, 0.1) is 12.5 Å². The molecule has 2 aliphatic heterocycles. The van der Waals surface area contributed by atoms with Gasteiger partial charge in [-0.15, -0.1) is 0 Å². The highest BCUT2D eigenvalue weighted by atomic mass is 16.5. The molecular formula is C9H15NO2. The van der Waals surface area contributed by atoms with Gasteiger partial charge in [-0.25, -0.2) is 0 Å². The first-order valence-corrected chi connectivity index (χ1v) is 4.75. The molecule has 68 valence electrons. The van der Waals surface area contributed by atoms with E-state index in [-0.39, 0.29) is 11.9 Å². The Labute approximate surface area is 72.5 Å². The fourth-order valence-corrected chi connectivity index (χ4v) is 2.19. The second kappa shape index (κ2) is 3.44. The summed E-state index contributed by atoms with van der Waals surface area (Å²) in [5.41, 5.74) is 0. The van der Waals surface area contributed by atoms with Crippen LogP contribution in [-0.2, 0) is 9.53 Å². The van der Waals surface area contributed by atoms with Crippen LogP contribution in [0.25, 0.3) is 0 Å². The predicted octanol–water partition coefficient (Wildman–Crippen LogP) is 0.549. The Hall–Kier alpha value is -0.570. The van der Waals surface area contributed by atoms with Crippen molar-refractivity contribution >= 4 is 5.97 Å². The van der Waals surface area contributed by atoms with E-state index in [9.17, 15) is 4.79 Å². The van der Waals surface area contributed by atoms with Gasteiger partial charge in [-0.2, -0.15) is 0 Å². The molecule has 0 aromatic carbocycles. The van der Waals surface area contributed by atoms with Crippen LogP contribution in [0.2, 0.25) is 0 Å². The van der Waals surface area contributed by atoms with Gasteiger partial charge in [-0.1, -0.05) is 0 Å². The lowest BCUT2D eigenvalue weighted by Gasteiger charge is -2.25. The summed E-state index contributed by atoms with van der Waals surface area (Å²) in [5.74, 6) is 0.843. The number of carbonyl (C=O) groups excluding carboxylic acids is 1. The molecule has 1 atom stereocenters. The molecule has 2 saturated heterocycles. The maximum absolute atomic E-state index is 11.2. The number of nitrogens with one attached hydrogen (secondary N) is 1. The van der Waals surface area contributed by atoms with Crippen molar-refractivity contribution in [2.75, 3.05) is 19.7 Å². The van der Waals surface area contributed by atoms with E-state index in [4.69, 9.17) is 4.74 Å². The molecule has 0 amide bonds. The van der Waals surface area contributed by atoms with Crippen LogP contribution in [0.3, 0.4) is 0 Å². The molecular weight excluding hydrogens is 154 g/mol. The van der Waals surface area contributed by atoms with E-state index in [1.807, 2.05) is 0 Å². The summed E-state index contributed by atoms with van der Waals surface area (Å²) in [7, 11) is 0. The molecule has 12 heavy (non-hydrogen) atoms. The molecule has 0 aromatic rings. The average Bonchev–Trinajstić information content (AvgIpc) is 2.53. The molecule has 3 nitrogen and oxygen atoms in total. The van der Waals surface area contributed by atoms with Crippen LogP contribution in [0.4, 0.5) is 0 Å². The third-order valence-electron chi connectivity index (χ3n) is 2.93. The lowest BCUT2D eigenvalue weighted by atomic mass is 9.84. The van der Waals surface area contributed by atoms with Gasteiger partial charge >= 0.3 is 5.97 Å². The monoisotopic (exact) mass is 169 g/mol. The molecule has 1 unspecified atom stereocenters. The molecule has 0 spiro atoms. The smallest absolute Gasteiger partial charge is 0.309 e. The minimum Gasteiger partial charge on any atom is -0.465 e. The second-order valence-electron chi connectivity index (χ2n) is 3.65. The molecule has 2 aliphatic rings. The van der Waals surface area contributed by atoms with Gasteiger partial charge in [-0.05, 0) is 38.3 Å². The third kappa shape index (κ3) is 1.46. The molecule has 3 heteroatoms. The second-order valence-corrected chi connectivity index (χ2v) is 3.65. The molecule has 0 bridgehead atoms. The molecule has 0 aromatic heterocycles. The van der Waals surface area contributed by atoms with E-state index < -0.39 is 0 Å². The summed E-state index contributed by atoms with van der Waals surface area (Å²) in [6.45, 7) is 2.77. The average molecular weight is 169 g/mol. The number of hydrogen-bond donors (Lipinski definition) is 1. The first-order chi connectivity index (χ1) is 5.88. The van der Waals surface area contributed by atoms with Crippen molar-refractivity contribution in [2.45, 2.75) is 19.3 Å². The molecule has 0 saturated carbocycles. The Morgan fingerprint density at radius 3 is 2.58 bits per heavy atom. The number of hydrogen-bond acceptors (Lipinski definition) is 3. The quantitative estimate of drug-likeness (QED) is 0.582. The highest BCUT2D eigenvalue weighted by Gasteiger charge is 2.34. The molecule has 2 heterocycles. The van der Waals surface area contributed by atoms with Crippen molar-refractivity contribution in [1.29, 1.82) is 0 Å². The van der Waals surface area contributed by atoms with Crippen molar-refractivity contribution in [1.82, 2.24) is 5.32 Å². The molecule has 0 radical (unpaired) electrons. The Kier molecular flexibility index (Phi) is 2.30. The lowest BCUT2D eigenvalue weighted by molar-refractivity contribution is -0.142. The summed E-state index contributed by atoms with van der Waals surface area (Å²) >= 11 is 0. The van der Waals surface area contributed by atoms with E-state index in [0.29, 0.717) is 12.5 Å². The number of carbonyl (C=O) groups is 1. The van der Waals surface area contributed by atoms with E-state index >= 15 is 0 Å². The van der Waals surface area contributed by atoms with Crippen molar-refractivity contribution in [3.8, 4) is 0 Å². The summed E-state index contributed by atoms with van der Waals surface area (Å²) in [6, 6.07) is 0. The van der Waals surface area contributed by atoms with Gasteiger partial charge < -0.3 is 10.1 Å². The van der Waals surface area contributed by atoms with Gasteiger partial charge in [0.15, 0.2) is 0 Å². The van der Waals surface area contributed by atoms with Crippen LogP contribution in [0.15, 0.2) is 0 Å². The number of ether oxygens (including phenoxy) is 1. The highest BCUT2D eigenvalue weighted by Crippen LogP contribution is 2.29. The van der Waals surface area contributed by atoms with Crippen LogP contribution in [0.5, 0.6) is 0 Å². The summed E-state index contributed by atoms with van der Waals surface area (Å²) in [5, 5.41) is 3.30. The third-order valence-corrected chi connectivity index (χ3v) is 2.93. The molecule has 2 fully saturated rings. The van der Waals surface area contributed by atoms with Crippen molar-refractivity contribution in [2.24, 2.45) is 11.8 Å². The standard InChI is InChI=1S/C9H15NO2/c11-9-8(3-6-12-9)7-1-4-10-5-2-7/h7-8,10H,1-6H2. The van der Waals surface area contributed by atoms with Crippen LogP contribution < -0.4 is 5.32 Å². The predicted molar refractivity (Wildman–Crippen MR) is 44.7 cm³/mol. The maximum atomic E-state index is 11.2. The van der Waals surface area contributed by atoms with E-state index in [0.717, 1.165) is 32.4 Å². The first-order valence-electron chi connectivity index (χ1n) is 4.75. The molecule has 1 N–H and O–H groups in total. The minimum absolute atomic E-state index is 0.0434. The van der Waals surface area contributed by atoms with Gasteiger partial charge in [0.1, 0.15) is 0 Å². The van der Waals surface area contributed by atoms with E-state index in [1.165, 1.54) is 0 Å². The topological polar surface area (TPSA) is 38.3 Å². The Morgan fingerprint density at radius 1 is 1.25 bits per heavy atom.